The van der Waals surface area contributed by atoms with Gasteiger partial charge < -0.3 is 15.4 Å². The summed E-state index contributed by atoms with van der Waals surface area (Å²) in [7, 11) is 0. The van der Waals surface area contributed by atoms with Crippen LogP contribution in [0.15, 0.2) is 46.8 Å². The lowest BCUT2D eigenvalue weighted by Gasteiger charge is -2.26. The number of para-hydroxylation sites is 1. The van der Waals surface area contributed by atoms with Crippen molar-refractivity contribution in [1.82, 2.24) is 30.8 Å². The maximum atomic E-state index is 12.2. The number of esters is 1. The molecule has 0 fully saturated rings. The fraction of sp³-hybridized carbons (Fsp3) is 0.312. The standard InChI is InChI=1S/C16H18N6O3S/c1-3-25-14(23)13-10(2)17-15(24)18-12(13)9-26-16-19-20-21-22(16)11-7-5-4-6-8-11/h4-8,10H,3,9H2,1-2H3,(H2,17,18,24). The molecule has 1 aliphatic heterocycles. The Morgan fingerprint density at radius 1 is 1.35 bits per heavy atom. The molecule has 0 saturated heterocycles. The maximum Gasteiger partial charge on any atom is 0.337 e. The normalized spacial score (nSPS) is 16.8. The number of aromatic nitrogens is 4. The van der Waals surface area contributed by atoms with Crippen molar-refractivity contribution < 1.29 is 14.3 Å². The van der Waals surface area contributed by atoms with Crippen LogP contribution in [-0.4, -0.2) is 50.6 Å². The second kappa shape index (κ2) is 8.00. The predicted octanol–water partition coefficient (Wildman–Crippen LogP) is 1.27. The van der Waals surface area contributed by atoms with Crippen molar-refractivity contribution >= 4 is 23.8 Å². The molecule has 0 bridgehead atoms. The Morgan fingerprint density at radius 3 is 2.85 bits per heavy atom. The lowest BCUT2D eigenvalue weighted by molar-refractivity contribution is -0.138. The second-order valence-corrected chi connectivity index (χ2v) is 6.37. The summed E-state index contributed by atoms with van der Waals surface area (Å²) in [5.41, 5.74) is 1.72. The van der Waals surface area contributed by atoms with Crippen molar-refractivity contribution in [1.29, 1.82) is 0 Å². The third-order valence-corrected chi connectivity index (χ3v) is 4.60. The first-order chi connectivity index (χ1) is 12.6. The van der Waals surface area contributed by atoms with Gasteiger partial charge in [-0.2, -0.15) is 4.68 Å². The average Bonchev–Trinajstić information content (AvgIpc) is 3.09. The number of amides is 2. The fourth-order valence-electron chi connectivity index (χ4n) is 2.53. The average molecular weight is 374 g/mol. The first-order valence-electron chi connectivity index (χ1n) is 8.04. The van der Waals surface area contributed by atoms with Crippen LogP contribution in [0, 0.1) is 0 Å². The Bertz CT molecular complexity index is 836. The first-order valence-corrected chi connectivity index (χ1v) is 9.03. The third kappa shape index (κ3) is 3.85. The molecule has 0 saturated carbocycles. The van der Waals surface area contributed by atoms with Crippen LogP contribution in [-0.2, 0) is 9.53 Å². The summed E-state index contributed by atoms with van der Waals surface area (Å²) in [4.78, 5) is 24.0. The molecule has 0 spiro atoms. The first kappa shape index (κ1) is 17.9. The van der Waals surface area contributed by atoms with Gasteiger partial charge in [0.1, 0.15) is 0 Å². The van der Waals surface area contributed by atoms with Gasteiger partial charge in [-0.05, 0) is 36.4 Å². The lowest BCUT2D eigenvalue weighted by atomic mass is 10.1. The highest BCUT2D eigenvalue weighted by atomic mass is 32.2. The van der Waals surface area contributed by atoms with Gasteiger partial charge in [-0.3, -0.25) is 0 Å². The molecule has 26 heavy (non-hydrogen) atoms. The number of hydrogen-bond acceptors (Lipinski definition) is 7. The summed E-state index contributed by atoms with van der Waals surface area (Å²) < 4.78 is 6.70. The van der Waals surface area contributed by atoms with Gasteiger partial charge in [0, 0.05) is 11.4 Å². The maximum absolute atomic E-state index is 12.2. The highest BCUT2D eigenvalue weighted by molar-refractivity contribution is 7.99. The van der Waals surface area contributed by atoms with Gasteiger partial charge in [0.05, 0.1) is 23.9 Å². The largest absolute Gasteiger partial charge is 0.463 e. The molecule has 10 heteroatoms. The summed E-state index contributed by atoms with van der Waals surface area (Å²) in [6, 6.07) is 8.66. The van der Waals surface area contributed by atoms with Gasteiger partial charge in [-0.25, -0.2) is 9.59 Å². The molecule has 3 rings (SSSR count). The molecule has 9 nitrogen and oxygen atoms in total. The molecular formula is C16H18N6O3S. The smallest absolute Gasteiger partial charge is 0.337 e. The van der Waals surface area contributed by atoms with Crippen molar-refractivity contribution in [2.75, 3.05) is 12.4 Å². The minimum Gasteiger partial charge on any atom is -0.463 e. The quantitative estimate of drug-likeness (QED) is 0.578. The zero-order valence-electron chi connectivity index (χ0n) is 14.3. The molecule has 2 aromatic rings. The Kier molecular flexibility index (Phi) is 5.52. The SMILES string of the molecule is CCOC(=O)C1=C(CSc2nnnn2-c2ccccc2)NC(=O)NC1C. The van der Waals surface area contributed by atoms with Gasteiger partial charge in [-0.1, -0.05) is 30.0 Å². The number of tetrazole rings is 1. The number of urea groups is 1. The van der Waals surface area contributed by atoms with E-state index in [0.717, 1.165) is 5.69 Å². The van der Waals surface area contributed by atoms with E-state index in [4.69, 9.17) is 4.74 Å². The van der Waals surface area contributed by atoms with E-state index in [0.29, 0.717) is 22.2 Å². The number of nitrogens with zero attached hydrogens (tertiary/aromatic N) is 4. The van der Waals surface area contributed by atoms with Crippen molar-refractivity contribution in [3.8, 4) is 5.69 Å². The topological polar surface area (TPSA) is 111 Å². The van der Waals surface area contributed by atoms with Gasteiger partial charge in [0.2, 0.25) is 5.16 Å². The summed E-state index contributed by atoms with van der Waals surface area (Å²) in [5, 5.41) is 17.6. The van der Waals surface area contributed by atoms with E-state index in [2.05, 4.69) is 26.2 Å². The number of benzene rings is 1. The molecule has 2 amide bonds. The van der Waals surface area contributed by atoms with Crippen LogP contribution in [0.3, 0.4) is 0 Å². The van der Waals surface area contributed by atoms with E-state index in [9.17, 15) is 9.59 Å². The van der Waals surface area contributed by atoms with Crippen molar-refractivity contribution in [3.05, 3.63) is 41.6 Å². The van der Waals surface area contributed by atoms with E-state index in [-0.39, 0.29) is 12.6 Å². The summed E-state index contributed by atoms with van der Waals surface area (Å²) in [6.45, 7) is 3.74. The number of carbonyl (C=O) groups is 2. The minimum atomic E-state index is -0.453. The van der Waals surface area contributed by atoms with Crippen molar-refractivity contribution in [2.45, 2.75) is 25.0 Å². The number of thioether (sulfide) groups is 1. The van der Waals surface area contributed by atoms with Crippen LogP contribution in [0.2, 0.25) is 0 Å². The van der Waals surface area contributed by atoms with E-state index >= 15 is 0 Å². The number of ether oxygens (including phenoxy) is 1. The van der Waals surface area contributed by atoms with Crippen molar-refractivity contribution in [3.63, 3.8) is 0 Å². The number of nitrogens with one attached hydrogen (secondary N) is 2. The van der Waals surface area contributed by atoms with Crippen LogP contribution in [0.1, 0.15) is 13.8 Å². The van der Waals surface area contributed by atoms with Crippen LogP contribution < -0.4 is 10.6 Å². The Hall–Kier alpha value is -2.88. The molecular weight excluding hydrogens is 356 g/mol. The Labute approximate surface area is 154 Å². The van der Waals surface area contributed by atoms with E-state index < -0.39 is 12.0 Å². The summed E-state index contributed by atoms with van der Waals surface area (Å²) >= 11 is 1.32. The highest BCUT2D eigenvalue weighted by Crippen LogP contribution is 2.23. The number of hydrogen-bond donors (Lipinski definition) is 2. The molecule has 1 aliphatic rings. The Balaban J connectivity index is 1.83. The molecule has 0 aliphatic carbocycles. The van der Waals surface area contributed by atoms with Gasteiger partial charge in [-0.15, -0.1) is 5.10 Å². The van der Waals surface area contributed by atoms with E-state index in [1.54, 1.807) is 18.5 Å². The molecule has 2 N–H and O–H groups in total. The molecule has 2 heterocycles. The monoisotopic (exact) mass is 374 g/mol. The molecule has 0 radical (unpaired) electrons. The number of carbonyl (C=O) groups excluding carboxylic acids is 2. The summed E-state index contributed by atoms with van der Waals surface area (Å²) in [5.74, 6) is -0.134. The van der Waals surface area contributed by atoms with Crippen molar-refractivity contribution in [2.24, 2.45) is 0 Å². The molecule has 1 atom stereocenters. The zero-order chi connectivity index (χ0) is 18.5. The second-order valence-electron chi connectivity index (χ2n) is 5.43. The van der Waals surface area contributed by atoms with Crippen LogP contribution in [0.4, 0.5) is 4.79 Å². The third-order valence-electron chi connectivity index (χ3n) is 3.65. The summed E-state index contributed by atoms with van der Waals surface area (Å²) in [6.07, 6.45) is 0. The van der Waals surface area contributed by atoms with Gasteiger partial charge in [0.25, 0.3) is 0 Å². The highest BCUT2D eigenvalue weighted by Gasteiger charge is 2.29. The lowest BCUT2D eigenvalue weighted by Crippen LogP contribution is -2.49. The van der Waals surface area contributed by atoms with Gasteiger partial charge in [0.15, 0.2) is 0 Å². The van der Waals surface area contributed by atoms with E-state index in [1.165, 1.54) is 11.8 Å². The zero-order valence-corrected chi connectivity index (χ0v) is 15.1. The molecule has 1 unspecified atom stereocenters. The molecule has 1 aromatic carbocycles. The predicted molar refractivity (Wildman–Crippen MR) is 94.7 cm³/mol. The minimum absolute atomic E-state index is 0.260. The Morgan fingerprint density at radius 2 is 2.12 bits per heavy atom. The molecule has 136 valence electrons. The van der Waals surface area contributed by atoms with Crippen LogP contribution in [0.5, 0.6) is 0 Å². The van der Waals surface area contributed by atoms with E-state index in [1.807, 2.05) is 30.3 Å². The fourth-order valence-corrected chi connectivity index (χ4v) is 3.39. The van der Waals surface area contributed by atoms with Gasteiger partial charge >= 0.3 is 12.0 Å². The van der Waals surface area contributed by atoms with Crippen LogP contribution in [0.25, 0.3) is 5.69 Å². The molecule has 1 aromatic heterocycles. The number of rotatable bonds is 6. The van der Waals surface area contributed by atoms with Crippen LogP contribution >= 0.6 is 11.8 Å².